The van der Waals surface area contributed by atoms with Gasteiger partial charge in [-0.25, -0.2) is 0 Å². The summed E-state index contributed by atoms with van der Waals surface area (Å²) in [5.74, 6) is -0.692. The van der Waals surface area contributed by atoms with Crippen LogP contribution in [0.25, 0.3) is 0 Å². The number of nitrogens with one attached hydrogen (secondary N) is 1. The van der Waals surface area contributed by atoms with Crippen LogP contribution in [-0.2, 0) is 20.7 Å². The Morgan fingerprint density at radius 2 is 2.05 bits per heavy atom. The fourth-order valence-electron chi connectivity index (χ4n) is 1.65. The Balaban J connectivity index is 1.71. The van der Waals surface area contributed by atoms with E-state index in [1.54, 1.807) is 17.4 Å². The number of halogens is 1. The van der Waals surface area contributed by atoms with Crippen LogP contribution in [0.5, 0.6) is 0 Å². The second-order valence-corrected chi connectivity index (χ2v) is 6.26. The van der Waals surface area contributed by atoms with Crippen LogP contribution in [0.1, 0.15) is 12.0 Å². The molecule has 1 N–H and O–H groups in total. The van der Waals surface area contributed by atoms with Crippen molar-refractivity contribution in [3.8, 4) is 0 Å². The van der Waals surface area contributed by atoms with Crippen molar-refractivity contribution in [2.24, 2.45) is 0 Å². The van der Waals surface area contributed by atoms with E-state index in [0.717, 1.165) is 14.8 Å². The minimum absolute atomic E-state index is 0.257. The zero-order valence-electron chi connectivity index (χ0n) is 11.2. The Labute approximate surface area is 140 Å². The molecule has 4 nitrogen and oxygen atoms in total. The highest BCUT2D eigenvalue weighted by Crippen LogP contribution is 2.16. The quantitative estimate of drug-likeness (QED) is 0.581. The summed E-state index contributed by atoms with van der Waals surface area (Å²) in [7, 11) is 0. The summed E-state index contributed by atoms with van der Waals surface area (Å²) >= 11 is 3.73. The Morgan fingerprint density at radius 3 is 2.76 bits per heavy atom. The standard InChI is InChI=1S/C15H14INO3S/c16-12-3-1-2-4-13(12)17-14(18)9-20-15(19)6-5-11-7-8-21-10-11/h1-4,7-8,10H,5-6,9H2,(H,17,18). The van der Waals surface area contributed by atoms with Gasteiger partial charge in [-0.3, -0.25) is 9.59 Å². The van der Waals surface area contributed by atoms with Gasteiger partial charge in [0, 0.05) is 9.99 Å². The summed E-state index contributed by atoms with van der Waals surface area (Å²) in [6.45, 7) is -0.257. The van der Waals surface area contributed by atoms with Crippen molar-refractivity contribution in [3.05, 3.63) is 50.2 Å². The average Bonchev–Trinajstić information content (AvgIpc) is 2.99. The molecule has 1 heterocycles. The summed E-state index contributed by atoms with van der Waals surface area (Å²) in [6.07, 6.45) is 0.924. The first-order valence-electron chi connectivity index (χ1n) is 6.36. The molecule has 6 heteroatoms. The van der Waals surface area contributed by atoms with Gasteiger partial charge in [0.1, 0.15) is 0 Å². The fraction of sp³-hybridized carbons (Fsp3) is 0.200. The SMILES string of the molecule is O=C(COC(=O)CCc1ccsc1)Nc1ccccc1I. The number of carbonyl (C=O) groups excluding carboxylic acids is 2. The van der Waals surface area contributed by atoms with E-state index < -0.39 is 0 Å². The van der Waals surface area contributed by atoms with Gasteiger partial charge in [0.05, 0.1) is 5.69 Å². The van der Waals surface area contributed by atoms with Gasteiger partial charge < -0.3 is 10.1 Å². The van der Waals surface area contributed by atoms with E-state index in [2.05, 4.69) is 27.9 Å². The molecule has 1 aromatic carbocycles. The largest absolute Gasteiger partial charge is 0.456 e. The zero-order valence-corrected chi connectivity index (χ0v) is 14.1. The van der Waals surface area contributed by atoms with Crippen molar-refractivity contribution in [1.82, 2.24) is 0 Å². The summed E-state index contributed by atoms with van der Waals surface area (Å²) < 4.78 is 5.90. The maximum absolute atomic E-state index is 11.7. The number of benzene rings is 1. The van der Waals surface area contributed by atoms with Gasteiger partial charge in [-0.2, -0.15) is 11.3 Å². The van der Waals surface area contributed by atoms with Crippen LogP contribution in [0.2, 0.25) is 0 Å². The highest BCUT2D eigenvalue weighted by atomic mass is 127. The lowest BCUT2D eigenvalue weighted by Crippen LogP contribution is -2.21. The number of ether oxygens (including phenoxy) is 1. The van der Waals surface area contributed by atoms with Gasteiger partial charge in [0.15, 0.2) is 6.61 Å². The highest BCUT2D eigenvalue weighted by molar-refractivity contribution is 14.1. The Morgan fingerprint density at radius 1 is 1.24 bits per heavy atom. The number of hydrogen-bond acceptors (Lipinski definition) is 4. The molecule has 110 valence electrons. The zero-order chi connectivity index (χ0) is 15.1. The smallest absolute Gasteiger partial charge is 0.306 e. The molecule has 0 atom stereocenters. The van der Waals surface area contributed by atoms with E-state index in [4.69, 9.17) is 4.74 Å². The number of carbonyl (C=O) groups is 2. The second kappa shape index (κ2) is 8.14. The number of anilines is 1. The number of rotatable bonds is 6. The number of esters is 1. The lowest BCUT2D eigenvalue weighted by molar-refractivity contribution is -0.147. The molecule has 0 radical (unpaired) electrons. The van der Waals surface area contributed by atoms with Gasteiger partial charge in [0.2, 0.25) is 0 Å². The van der Waals surface area contributed by atoms with E-state index in [1.165, 1.54) is 0 Å². The molecule has 0 saturated carbocycles. The summed E-state index contributed by atoms with van der Waals surface area (Å²) in [5, 5.41) is 6.68. The molecular weight excluding hydrogens is 401 g/mol. The monoisotopic (exact) mass is 415 g/mol. The Hall–Kier alpha value is -1.41. The topological polar surface area (TPSA) is 55.4 Å². The molecule has 0 spiro atoms. The minimum atomic E-state index is -0.362. The number of amides is 1. The molecule has 0 unspecified atom stereocenters. The van der Waals surface area contributed by atoms with E-state index in [1.807, 2.05) is 35.0 Å². The molecule has 1 aromatic heterocycles. The molecule has 0 fully saturated rings. The molecule has 0 aliphatic heterocycles. The van der Waals surface area contributed by atoms with Crippen molar-refractivity contribution < 1.29 is 14.3 Å². The molecule has 2 rings (SSSR count). The van der Waals surface area contributed by atoms with Crippen molar-refractivity contribution in [1.29, 1.82) is 0 Å². The first kappa shape index (κ1) is 16.0. The van der Waals surface area contributed by atoms with Gasteiger partial charge in [-0.15, -0.1) is 0 Å². The maximum atomic E-state index is 11.7. The molecule has 1 amide bonds. The molecule has 0 aliphatic rings. The van der Waals surface area contributed by atoms with Crippen LogP contribution in [0.15, 0.2) is 41.1 Å². The maximum Gasteiger partial charge on any atom is 0.306 e. The molecule has 0 bridgehead atoms. The molecule has 2 aromatic rings. The van der Waals surface area contributed by atoms with Crippen LogP contribution < -0.4 is 5.32 Å². The van der Waals surface area contributed by atoms with Crippen LogP contribution in [0, 0.1) is 3.57 Å². The first-order valence-corrected chi connectivity index (χ1v) is 8.38. The highest BCUT2D eigenvalue weighted by Gasteiger charge is 2.09. The third-order valence-corrected chi connectivity index (χ3v) is 4.38. The minimum Gasteiger partial charge on any atom is -0.456 e. The van der Waals surface area contributed by atoms with E-state index in [0.29, 0.717) is 6.42 Å². The number of para-hydroxylation sites is 1. The Kier molecular flexibility index (Phi) is 6.19. The van der Waals surface area contributed by atoms with Gasteiger partial charge in [0.25, 0.3) is 5.91 Å². The van der Waals surface area contributed by atoms with Gasteiger partial charge in [-0.05, 0) is 63.5 Å². The predicted molar refractivity (Wildman–Crippen MR) is 91.4 cm³/mol. The average molecular weight is 415 g/mol. The molecule has 21 heavy (non-hydrogen) atoms. The summed E-state index contributed by atoms with van der Waals surface area (Å²) in [5.41, 5.74) is 1.83. The van der Waals surface area contributed by atoms with Gasteiger partial charge in [-0.1, -0.05) is 12.1 Å². The fourth-order valence-corrected chi connectivity index (χ4v) is 2.87. The third kappa shape index (κ3) is 5.47. The lowest BCUT2D eigenvalue weighted by Gasteiger charge is -2.07. The summed E-state index contributed by atoms with van der Waals surface area (Å²) in [6, 6.07) is 9.40. The number of aryl methyl sites for hydroxylation is 1. The van der Waals surface area contributed by atoms with E-state index in [-0.39, 0.29) is 24.9 Å². The van der Waals surface area contributed by atoms with Crippen molar-refractivity contribution >= 4 is 51.5 Å². The molecular formula is C15H14INO3S. The van der Waals surface area contributed by atoms with Crippen LogP contribution >= 0.6 is 33.9 Å². The van der Waals surface area contributed by atoms with Gasteiger partial charge >= 0.3 is 5.97 Å². The number of thiophene rings is 1. The normalized spacial score (nSPS) is 10.1. The van der Waals surface area contributed by atoms with E-state index in [9.17, 15) is 9.59 Å². The van der Waals surface area contributed by atoms with Crippen molar-refractivity contribution in [2.45, 2.75) is 12.8 Å². The number of hydrogen-bond donors (Lipinski definition) is 1. The van der Waals surface area contributed by atoms with Crippen molar-refractivity contribution in [3.63, 3.8) is 0 Å². The van der Waals surface area contributed by atoms with Crippen molar-refractivity contribution in [2.75, 3.05) is 11.9 Å². The summed E-state index contributed by atoms with van der Waals surface area (Å²) in [4.78, 5) is 23.3. The lowest BCUT2D eigenvalue weighted by atomic mass is 10.2. The third-order valence-electron chi connectivity index (χ3n) is 2.71. The molecule has 0 aliphatic carbocycles. The second-order valence-electron chi connectivity index (χ2n) is 4.32. The predicted octanol–water partition coefficient (Wildman–Crippen LogP) is 3.47. The molecule has 0 saturated heterocycles. The Bertz CT molecular complexity index is 613. The van der Waals surface area contributed by atoms with E-state index >= 15 is 0 Å². The first-order chi connectivity index (χ1) is 10.1. The van der Waals surface area contributed by atoms with Crippen LogP contribution in [0.3, 0.4) is 0 Å². The van der Waals surface area contributed by atoms with Crippen LogP contribution in [-0.4, -0.2) is 18.5 Å². The van der Waals surface area contributed by atoms with Crippen LogP contribution in [0.4, 0.5) is 5.69 Å².